The van der Waals surface area contributed by atoms with Gasteiger partial charge in [0.05, 0.1) is 11.9 Å². The Hall–Kier alpha value is -2.04. The normalized spacial score (nSPS) is 11.0. The van der Waals surface area contributed by atoms with Crippen molar-refractivity contribution in [1.29, 1.82) is 0 Å². The van der Waals surface area contributed by atoms with Crippen LogP contribution in [-0.2, 0) is 0 Å². The molecule has 0 bridgehead atoms. The van der Waals surface area contributed by atoms with Crippen LogP contribution in [0, 0.1) is 0 Å². The molecule has 0 aliphatic rings. The Balaban J connectivity index is 1.67. The fraction of sp³-hybridized carbons (Fsp3) is 0. The molecule has 3 aromatic rings. The van der Waals surface area contributed by atoms with Gasteiger partial charge in [0.15, 0.2) is 0 Å². The van der Waals surface area contributed by atoms with Gasteiger partial charge in [0.2, 0.25) is 0 Å². The molecule has 0 aliphatic carbocycles. The van der Waals surface area contributed by atoms with E-state index in [4.69, 9.17) is 16.0 Å². The monoisotopic (exact) mass is 374 g/mol. The number of nitrogens with zero attached hydrogens (tertiary/aromatic N) is 1. The van der Waals surface area contributed by atoms with E-state index in [-0.39, 0.29) is 0 Å². The fourth-order valence-electron chi connectivity index (χ4n) is 1.89. The molecule has 110 valence electrons. The van der Waals surface area contributed by atoms with Crippen LogP contribution in [0.4, 0.5) is 5.69 Å². The Bertz CT molecular complexity index is 779. The summed E-state index contributed by atoms with van der Waals surface area (Å²) in [6.45, 7) is 0. The average molecular weight is 376 g/mol. The highest BCUT2D eigenvalue weighted by atomic mass is 79.9. The molecule has 3 nitrogen and oxygen atoms in total. The molecule has 0 fully saturated rings. The first kappa shape index (κ1) is 14.9. The van der Waals surface area contributed by atoms with Gasteiger partial charge in [-0.3, -0.25) is 5.43 Å². The van der Waals surface area contributed by atoms with E-state index >= 15 is 0 Å². The van der Waals surface area contributed by atoms with Crippen LogP contribution in [0.25, 0.3) is 11.3 Å². The molecule has 0 amide bonds. The smallest absolute Gasteiger partial charge is 0.147 e. The van der Waals surface area contributed by atoms with E-state index in [1.165, 1.54) is 0 Å². The highest BCUT2D eigenvalue weighted by molar-refractivity contribution is 9.10. The summed E-state index contributed by atoms with van der Waals surface area (Å²) in [6, 6.07) is 19.0. The minimum absolute atomic E-state index is 0.676. The van der Waals surface area contributed by atoms with Crippen LogP contribution in [0.3, 0.4) is 0 Å². The molecule has 0 unspecified atom stereocenters. The maximum Gasteiger partial charge on any atom is 0.147 e. The summed E-state index contributed by atoms with van der Waals surface area (Å²) in [5.41, 5.74) is 4.83. The van der Waals surface area contributed by atoms with Crippen LogP contribution >= 0.6 is 27.5 Å². The minimum atomic E-state index is 0.676. The zero-order chi connectivity index (χ0) is 15.4. The van der Waals surface area contributed by atoms with Crippen molar-refractivity contribution in [2.75, 3.05) is 5.43 Å². The van der Waals surface area contributed by atoms with Gasteiger partial charge in [0.1, 0.15) is 11.5 Å². The van der Waals surface area contributed by atoms with E-state index in [0.717, 1.165) is 21.5 Å². The third-order valence-electron chi connectivity index (χ3n) is 2.99. The summed E-state index contributed by atoms with van der Waals surface area (Å²) < 4.78 is 6.76. The predicted octanol–water partition coefficient (Wildman–Crippen LogP) is 5.81. The van der Waals surface area contributed by atoms with Crippen LogP contribution in [-0.4, -0.2) is 6.21 Å². The molecule has 0 saturated heterocycles. The first-order valence-electron chi connectivity index (χ1n) is 6.61. The second-order valence-corrected chi connectivity index (χ2v) is 5.94. The third-order valence-corrected chi connectivity index (χ3v) is 3.77. The number of furan rings is 1. The third kappa shape index (κ3) is 3.78. The van der Waals surface area contributed by atoms with E-state index in [2.05, 4.69) is 26.5 Å². The van der Waals surface area contributed by atoms with Crippen LogP contribution < -0.4 is 5.43 Å². The molecule has 1 aromatic heterocycles. The van der Waals surface area contributed by atoms with Crippen molar-refractivity contribution in [2.45, 2.75) is 0 Å². The number of hydrogen-bond donors (Lipinski definition) is 1. The van der Waals surface area contributed by atoms with E-state index in [1.54, 1.807) is 6.21 Å². The standard InChI is InChI=1S/C17H12BrClN2O/c18-13-3-7-15(8-4-13)21-20-11-16-9-10-17(22-16)12-1-5-14(19)6-2-12/h1-11,21H/b20-11-. The van der Waals surface area contributed by atoms with E-state index < -0.39 is 0 Å². The molecule has 0 aliphatic heterocycles. The van der Waals surface area contributed by atoms with Crippen molar-refractivity contribution in [3.05, 3.63) is 75.9 Å². The summed E-state index contributed by atoms with van der Waals surface area (Å²) in [6.07, 6.45) is 1.64. The zero-order valence-electron chi connectivity index (χ0n) is 11.5. The van der Waals surface area contributed by atoms with E-state index in [1.807, 2.05) is 60.7 Å². The molecule has 0 spiro atoms. The predicted molar refractivity (Wildman–Crippen MR) is 94.5 cm³/mol. The number of halogens is 2. The largest absolute Gasteiger partial charge is 0.455 e. The summed E-state index contributed by atoms with van der Waals surface area (Å²) in [5, 5.41) is 4.86. The van der Waals surface area contributed by atoms with Crippen LogP contribution in [0.2, 0.25) is 5.02 Å². The van der Waals surface area contributed by atoms with Gasteiger partial charge < -0.3 is 4.42 Å². The molecular weight excluding hydrogens is 364 g/mol. The van der Waals surface area contributed by atoms with Gasteiger partial charge in [-0.2, -0.15) is 5.10 Å². The van der Waals surface area contributed by atoms with Gasteiger partial charge in [0.25, 0.3) is 0 Å². The van der Waals surface area contributed by atoms with Gasteiger partial charge >= 0.3 is 0 Å². The van der Waals surface area contributed by atoms with Crippen molar-refractivity contribution >= 4 is 39.4 Å². The highest BCUT2D eigenvalue weighted by Gasteiger charge is 2.03. The Morgan fingerprint density at radius 1 is 0.955 bits per heavy atom. The minimum Gasteiger partial charge on any atom is -0.455 e. The molecule has 0 radical (unpaired) electrons. The van der Waals surface area contributed by atoms with Crippen molar-refractivity contribution in [3.63, 3.8) is 0 Å². The fourth-order valence-corrected chi connectivity index (χ4v) is 2.28. The van der Waals surface area contributed by atoms with Crippen LogP contribution in [0.5, 0.6) is 0 Å². The first-order chi connectivity index (χ1) is 10.7. The summed E-state index contributed by atoms with van der Waals surface area (Å²) in [7, 11) is 0. The maximum atomic E-state index is 5.88. The average Bonchev–Trinajstić information content (AvgIpc) is 2.99. The number of anilines is 1. The Labute approximate surface area is 141 Å². The molecule has 2 aromatic carbocycles. The topological polar surface area (TPSA) is 37.5 Å². The van der Waals surface area contributed by atoms with E-state index in [0.29, 0.717) is 10.8 Å². The van der Waals surface area contributed by atoms with Crippen LogP contribution in [0.15, 0.2) is 74.7 Å². The van der Waals surface area contributed by atoms with Gasteiger partial charge in [-0.25, -0.2) is 0 Å². The van der Waals surface area contributed by atoms with Crippen molar-refractivity contribution in [3.8, 4) is 11.3 Å². The van der Waals surface area contributed by atoms with Crippen molar-refractivity contribution < 1.29 is 4.42 Å². The van der Waals surface area contributed by atoms with Gasteiger partial charge in [0, 0.05) is 15.1 Å². The molecule has 3 rings (SSSR count). The molecule has 1 N–H and O–H groups in total. The molecule has 5 heteroatoms. The molecule has 1 heterocycles. The number of hydrogen-bond acceptors (Lipinski definition) is 3. The second kappa shape index (κ2) is 6.81. The second-order valence-electron chi connectivity index (χ2n) is 4.59. The molecule has 0 saturated carbocycles. The number of benzene rings is 2. The lowest BCUT2D eigenvalue weighted by Gasteiger charge is -1.99. The number of rotatable bonds is 4. The Morgan fingerprint density at radius 2 is 1.68 bits per heavy atom. The number of hydrazone groups is 1. The summed E-state index contributed by atoms with van der Waals surface area (Å²) >= 11 is 9.27. The number of nitrogens with one attached hydrogen (secondary N) is 1. The quantitative estimate of drug-likeness (QED) is 0.461. The Morgan fingerprint density at radius 3 is 2.41 bits per heavy atom. The molecular formula is C17H12BrClN2O. The molecule has 0 atom stereocenters. The lowest BCUT2D eigenvalue weighted by molar-refractivity contribution is 0.575. The lowest BCUT2D eigenvalue weighted by atomic mass is 10.2. The maximum absolute atomic E-state index is 5.88. The Kier molecular flexibility index (Phi) is 4.61. The first-order valence-corrected chi connectivity index (χ1v) is 7.78. The van der Waals surface area contributed by atoms with Crippen molar-refractivity contribution in [2.24, 2.45) is 5.10 Å². The summed E-state index contributed by atoms with van der Waals surface area (Å²) in [4.78, 5) is 0. The van der Waals surface area contributed by atoms with Crippen LogP contribution in [0.1, 0.15) is 5.76 Å². The summed E-state index contributed by atoms with van der Waals surface area (Å²) in [5.74, 6) is 1.45. The van der Waals surface area contributed by atoms with Gasteiger partial charge in [-0.05, 0) is 60.7 Å². The zero-order valence-corrected chi connectivity index (χ0v) is 13.8. The molecule has 22 heavy (non-hydrogen) atoms. The van der Waals surface area contributed by atoms with Gasteiger partial charge in [-0.15, -0.1) is 0 Å². The van der Waals surface area contributed by atoms with Crippen molar-refractivity contribution in [1.82, 2.24) is 0 Å². The van der Waals surface area contributed by atoms with Gasteiger partial charge in [-0.1, -0.05) is 27.5 Å². The van der Waals surface area contributed by atoms with E-state index in [9.17, 15) is 0 Å². The highest BCUT2D eigenvalue weighted by Crippen LogP contribution is 2.23. The lowest BCUT2D eigenvalue weighted by Crippen LogP contribution is -1.88. The SMILES string of the molecule is Clc1ccc(-c2ccc(/C=N\Nc3ccc(Br)cc3)o2)cc1.